The van der Waals surface area contributed by atoms with Gasteiger partial charge in [0.05, 0.1) is 23.2 Å². The highest BCUT2D eigenvalue weighted by molar-refractivity contribution is 6.30. The number of nitrogens with zero attached hydrogens (tertiary/aromatic N) is 3. The molecule has 1 aromatic carbocycles. The number of imide groups is 1. The standard InChI is InChI=1S/C24H24ClF3N4O3/c1-4-10-23(2,3)30-20(33)15-6-9-19(29-14-15)31-11-5-12-32(22(31)35)21(34)17-8-7-16(25)13-18(17)24(26,27)28/h5-9,11,13-14H,4,10,12H2,1-3H3,(H,30,33). The third kappa shape index (κ3) is 6.00. The number of carbonyl (C=O) groups excluding carboxylic acids is 3. The van der Waals surface area contributed by atoms with Crippen LogP contribution in [0.2, 0.25) is 5.02 Å². The SMILES string of the molecule is CCCC(C)(C)NC(=O)c1ccc(N2C=CCN(C(=O)c3ccc(Cl)cc3C(F)(F)F)C2=O)nc1. The first-order chi connectivity index (χ1) is 16.3. The van der Waals surface area contributed by atoms with Crippen LogP contribution in [0.5, 0.6) is 0 Å². The molecular formula is C24H24ClF3N4O3. The average molecular weight is 509 g/mol. The topological polar surface area (TPSA) is 82.6 Å². The maximum Gasteiger partial charge on any atom is 0.417 e. The van der Waals surface area contributed by atoms with Crippen molar-refractivity contribution >= 4 is 35.3 Å². The lowest BCUT2D eigenvalue weighted by molar-refractivity contribution is -0.138. The molecule has 0 atom stereocenters. The molecule has 0 spiro atoms. The van der Waals surface area contributed by atoms with Crippen molar-refractivity contribution in [2.75, 3.05) is 11.4 Å². The number of alkyl halides is 3. The Morgan fingerprint density at radius 3 is 2.49 bits per heavy atom. The number of carbonyl (C=O) groups is 3. The molecule has 0 bridgehead atoms. The van der Waals surface area contributed by atoms with E-state index in [1.165, 1.54) is 30.6 Å². The van der Waals surface area contributed by atoms with E-state index < -0.39 is 34.8 Å². The largest absolute Gasteiger partial charge is 0.417 e. The molecule has 35 heavy (non-hydrogen) atoms. The summed E-state index contributed by atoms with van der Waals surface area (Å²) in [6.07, 6.45) is 0.932. The van der Waals surface area contributed by atoms with Crippen LogP contribution in [0.4, 0.5) is 23.8 Å². The Morgan fingerprint density at radius 1 is 1.17 bits per heavy atom. The first-order valence-corrected chi connectivity index (χ1v) is 11.2. The van der Waals surface area contributed by atoms with Crippen LogP contribution in [-0.2, 0) is 6.18 Å². The molecule has 0 saturated heterocycles. The minimum absolute atomic E-state index is 0.0975. The predicted octanol–water partition coefficient (Wildman–Crippen LogP) is 5.66. The minimum Gasteiger partial charge on any atom is -0.347 e. The number of halogens is 4. The molecule has 2 heterocycles. The molecule has 0 fully saturated rings. The smallest absolute Gasteiger partial charge is 0.347 e. The molecule has 186 valence electrons. The number of aromatic nitrogens is 1. The Labute approximate surface area is 205 Å². The molecule has 0 aliphatic carbocycles. The van der Waals surface area contributed by atoms with Gasteiger partial charge in [0.1, 0.15) is 5.82 Å². The minimum atomic E-state index is -4.84. The highest BCUT2D eigenvalue weighted by Crippen LogP contribution is 2.34. The van der Waals surface area contributed by atoms with Crippen molar-refractivity contribution in [1.29, 1.82) is 0 Å². The van der Waals surface area contributed by atoms with Crippen LogP contribution in [0.1, 0.15) is 59.9 Å². The van der Waals surface area contributed by atoms with E-state index in [-0.39, 0.29) is 28.9 Å². The third-order valence-corrected chi connectivity index (χ3v) is 5.56. The fraction of sp³-hybridized carbons (Fsp3) is 0.333. The third-order valence-electron chi connectivity index (χ3n) is 5.33. The zero-order valence-corrected chi connectivity index (χ0v) is 20.1. The molecular weight excluding hydrogens is 485 g/mol. The fourth-order valence-electron chi connectivity index (χ4n) is 3.69. The van der Waals surface area contributed by atoms with Crippen LogP contribution in [0.25, 0.3) is 0 Å². The number of anilines is 1. The number of pyridine rings is 1. The van der Waals surface area contributed by atoms with Crippen LogP contribution in [0.15, 0.2) is 48.8 Å². The van der Waals surface area contributed by atoms with Gasteiger partial charge in [0.2, 0.25) is 0 Å². The van der Waals surface area contributed by atoms with E-state index in [0.717, 1.165) is 29.9 Å². The van der Waals surface area contributed by atoms with Crippen LogP contribution in [0, 0.1) is 0 Å². The molecule has 1 aliphatic rings. The molecule has 4 amide bonds. The van der Waals surface area contributed by atoms with Crippen molar-refractivity contribution in [2.24, 2.45) is 0 Å². The Hall–Kier alpha value is -3.40. The van der Waals surface area contributed by atoms with E-state index in [2.05, 4.69) is 10.3 Å². The second kappa shape index (κ2) is 10.1. The number of benzene rings is 1. The number of hydrogen-bond donors (Lipinski definition) is 1. The van der Waals surface area contributed by atoms with Crippen molar-refractivity contribution in [2.45, 2.75) is 45.3 Å². The summed E-state index contributed by atoms with van der Waals surface area (Å²) in [6.45, 7) is 5.60. The Morgan fingerprint density at radius 2 is 1.89 bits per heavy atom. The van der Waals surface area contributed by atoms with Crippen LogP contribution >= 0.6 is 11.6 Å². The summed E-state index contributed by atoms with van der Waals surface area (Å²) in [4.78, 5) is 44.3. The van der Waals surface area contributed by atoms with Gasteiger partial charge in [0.15, 0.2) is 0 Å². The number of urea groups is 1. The van der Waals surface area contributed by atoms with Gasteiger partial charge in [-0.2, -0.15) is 13.2 Å². The zero-order chi connectivity index (χ0) is 26.0. The Balaban J connectivity index is 1.82. The van der Waals surface area contributed by atoms with Gasteiger partial charge in [0.25, 0.3) is 11.8 Å². The Bertz CT molecular complexity index is 1160. The van der Waals surface area contributed by atoms with Gasteiger partial charge < -0.3 is 5.32 Å². The predicted molar refractivity (Wildman–Crippen MR) is 125 cm³/mol. The van der Waals surface area contributed by atoms with Gasteiger partial charge in [-0.15, -0.1) is 0 Å². The summed E-state index contributed by atoms with van der Waals surface area (Å²) < 4.78 is 40.4. The Kier molecular flexibility index (Phi) is 7.54. The maximum atomic E-state index is 13.5. The van der Waals surface area contributed by atoms with Gasteiger partial charge in [0, 0.05) is 23.0 Å². The second-order valence-corrected chi connectivity index (χ2v) is 9.07. The molecule has 0 saturated carbocycles. The molecule has 1 aliphatic heterocycles. The first kappa shape index (κ1) is 26.2. The summed E-state index contributed by atoms with van der Waals surface area (Å²) in [5.74, 6) is -1.36. The van der Waals surface area contributed by atoms with Gasteiger partial charge in [-0.25, -0.2) is 9.78 Å². The summed E-state index contributed by atoms with van der Waals surface area (Å²) >= 11 is 5.68. The van der Waals surface area contributed by atoms with Gasteiger partial charge >= 0.3 is 12.2 Å². The maximum absolute atomic E-state index is 13.5. The molecule has 0 unspecified atom stereocenters. The molecule has 1 N–H and O–H groups in total. The molecule has 7 nitrogen and oxygen atoms in total. The molecule has 2 aromatic rings. The lowest BCUT2D eigenvalue weighted by atomic mass is 9.98. The van der Waals surface area contributed by atoms with Crippen LogP contribution in [0.3, 0.4) is 0 Å². The monoisotopic (exact) mass is 508 g/mol. The first-order valence-electron chi connectivity index (χ1n) is 10.8. The zero-order valence-electron chi connectivity index (χ0n) is 19.3. The summed E-state index contributed by atoms with van der Waals surface area (Å²) in [6, 6.07) is 4.75. The average Bonchev–Trinajstić information content (AvgIpc) is 2.78. The molecule has 1 aromatic heterocycles. The molecule has 3 rings (SSSR count). The van der Waals surface area contributed by atoms with Gasteiger partial charge in [-0.05, 0) is 56.7 Å². The van der Waals surface area contributed by atoms with Crippen LogP contribution < -0.4 is 10.2 Å². The lowest BCUT2D eigenvalue weighted by Crippen LogP contribution is -2.47. The summed E-state index contributed by atoms with van der Waals surface area (Å²) in [7, 11) is 0. The fourth-order valence-corrected chi connectivity index (χ4v) is 3.86. The van der Waals surface area contributed by atoms with Crippen molar-refractivity contribution in [1.82, 2.24) is 15.2 Å². The normalized spacial score (nSPS) is 14.3. The number of nitrogens with one attached hydrogen (secondary N) is 1. The highest BCUT2D eigenvalue weighted by atomic mass is 35.5. The van der Waals surface area contributed by atoms with Crippen molar-refractivity contribution < 1.29 is 27.6 Å². The van der Waals surface area contributed by atoms with Gasteiger partial charge in [-0.3, -0.25) is 19.4 Å². The summed E-state index contributed by atoms with van der Waals surface area (Å²) in [5.41, 5.74) is -2.06. The van der Waals surface area contributed by atoms with E-state index in [1.54, 1.807) is 0 Å². The van der Waals surface area contributed by atoms with Crippen molar-refractivity contribution in [3.05, 3.63) is 70.5 Å². The van der Waals surface area contributed by atoms with Crippen molar-refractivity contribution in [3.63, 3.8) is 0 Å². The number of rotatable bonds is 6. The van der Waals surface area contributed by atoms with E-state index in [4.69, 9.17) is 11.6 Å². The lowest BCUT2D eigenvalue weighted by Gasteiger charge is -2.30. The highest BCUT2D eigenvalue weighted by Gasteiger charge is 2.39. The number of hydrogen-bond acceptors (Lipinski definition) is 4. The van der Waals surface area contributed by atoms with E-state index >= 15 is 0 Å². The van der Waals surface area contributed by atoms with E-state index in [0.29, 0.717) is 11.0 Å². The van der Waals surface area contributed by atoms with E-state index in [9.17, 15) is 27.6 Å². The second-order valence-electron chi connectivity index (χ2n) is 8.63. The van der Waals surface area contributed by atoms with Gasteiger partial charge in [-0.1, -0.05) is 24.9 Å². The van der Waals surface area contributed by atoms with Crippen LogP contribution in [-0.4, -0.2) is 39.8 Å². The van der Waals surface area contributed by atoms with Crippen molar-refractivity contribution in [3.8, 4) is 0 Å². The quantitative estimate of drug-likeness (QED) is 0.546. The molecule has 0 radical (unpaired) electrons. The molecule has 11 heteroatoms. The number of amides is 4. The summed E-state index contributed by atoms with van der Waals surface area (Å²) in [5, 5.41) is 2.73. The van der Waals surface area contributed by atoms with E-state index in [1.807, 2.05) is 20.8 Å².